The fourth-order valence-electron chi connectivity index (χ4n) is 8.30. The van der Waals surface area contributed by atoms with Crippen molar-refractivity contribution in [1.82, 2.24) is 0 Å². The van der Waals surface area contributed by atoms with Crippen molar-refractivity contribution in [3.8, 4) is 33.4 Å². The average molecular weight is 636 g/mol. The molecule has 2 heterocycles. The van der Waals surface area contributed by atoms with Crippen LogP contribution >= 0.6 is 0 Å². The molecular weight excluding hydrogens is 599 g/mol. The third-order valence-corrected chi connectivity index (χ3v) is 18.0. The van der Waals surface area contributed by atoms with Gasteiger partial charge in [-0.25, -0.2) is 0 Å². The topological polar surface area (TPSA) is 3.24 Å². The van der Waals surface area contributed by atoms with Crippen molar-refractivity contribution >= 4 is 64.7 Å². The fourth-order valence-corrected chi connectivity index (χ4v) is 14.5. The first-order chi connectivity index (χ1) is 22.8. The van der Waals surface area contributed by atoms with E-state index in [0.29, 0.717) is 0 Å². The summed E-state index contributed by atoms with van der Waals surface area (Å²) in [5.74, 6) is 0. The van der Waals surface area contributed by atoms with Crippen LogP contribution in [0.1, 0.15) is 0 Å². The third kappa shape index (κ3) is 4.27. The van der Waals surface area contributed by atoms with Crippen LogP contribution in [0.3, 0.4) is 0 Å². The van der Waals surface area contributed by atoms with E-state index in [0.717, 1.165) is 0 Å². The predicted octanol–water partition coefficient (Wildman–Crippen LogP) is 9.58. The van der Waals surface area contributed by atoms with E-state index in [4.69, 9.17) is 0 Å². The van der Waals surface area contributed by atoms with Crippen LogP contribution in [0.25, 0.3) is 44.2 Å². The smallest absolute Gasteiger partial charge is 0.113 e. The molecule has 0 amide bonds. The summed E-state index contributed by atoms with van der Waals surface area (Å²) in [5.41, 5.74) is 11.7. The number of fused-ring (bicyclic) bond motifs is 7. The fraction of sp³-hybridized carbons (Fsp3) is 0.0909. The molecule has 0 aliphatic carbocycles. The molecule has 7 aromatic carbocycles. The molecule has 0 spiro atoms. The second-order valence-electron chi connectivity index (χ2n) is 14.2. The van der Waals surface area contributed by atoms with Crippen molar-refractivity contribution in [1.29, 1.82) is 0 Å². The minimum atomic E-state index is -1.84. The summed E-state index contributed by atoms with van der Waals surface area (Å²) < 4.78 is 0. The highest BCUT2D eigenvalue weighted by molar-refractivity contribution is 7.04. The van der Waals surface area contributed by atoms with E-state index in [1.165, 1.54) is 71.6 Å². The van der Waals surface area contributed by atoms with Gasteiger partial charge in [0.2, 0.25) is 0 Å². The highest BCUT2D eigenvalue weighted by Crippen LogP contribution is 2.40. The lowest BCUT2D eigenvalue weighted by molar-refractivity contribution is 1.29. The number of hydrogen-bond donors (Lipinski definition) is 0. The summed E-state index contributed by atoms with van der Waals surface area (Å²) in [6.07, 6.45) is 0. The highest BCUT2D eigenvalue weighted by atomic mass is 28.3. The van der Waals surface area contributed by atoms with Gasteiger partial charge in [0.1, 0.15) is 16.1 Å². The van der Waals surface area contributed by atoms with Gasteiger partial charge in [-0.2, -0.15) is 0 Å². The zero-order valence-electron chi connectivity index (χ0n) is 27.4. The Morgan fingerprint density at radius 3 is 1.60 bits per heavy atom. The van der Waals surface area contributed by atoms with Crippen LogP contribution in [-0.2, 0) is 0 Å². The van der Waals surface area contributed by atoms with Gasteiger partial charge in [0.15, 0.2) is 0 Å². The Morgan fingerprint density at radius 1 is 0.340 bits per heavy atom. The molecule has 1 nitrogen and oxygen atoms in total. The van der Waals surface area contributed by atoms with E-state index in [1.807, 2.05) is 0 Å². The molecule has 2 aliphatic rings. The van der Waals surface area contributed by atoms with Gasteiger partial charge in [0.25, 0.3) is 0 Å². The molecule has 226 valence electrons. The van der Waals surface area contributed by atoms with E-state index >= 15 is 0 Å². The van der Waals surface area contributed by atoms with Crippen molar-refractivity contribution in [3.63, 3.8) is 0 Å². The molecule has 0 atom stereocenters. The monoisotopic (exact) mass is 635 g/mol. The van der Waals surface area contributed by atoms with Crippen LogP contribution in [0.5, 0.6) is 0 Å². The highest BCUT2D eigenvalue weighted by Gasteiger charge is 2.39. The molecule has 0 bridgehead atoms. The number of benzene rings is 7. The molecular formula is C44H37NSi2. The molecule has 0 unspecified atom stereocenters. The summed E-state index contributed by atoms with van der Waals surface area (Å²) in [6, 6.07) is 57.1. The van der Waals surface area contributed by atoms with Crippen LogP contribution < -0.4 is 25.6 Å². The Hall–Kier alpha value is -4.97. The molecule has 9 rings (SSSR count). The van der Waals surface area contributed by atoms with Gasteiger partial charge in [-0.1, -0.05) is 135 Å². The molecule has 0 fully saturated rings. The third-order valence-electron chi connectivity index (χ3n) is 10.9. The Balaban J connectivity index is 1.20. The molecule has 7 aromatic rings. The first-order valence-corrected chi connectivity index (χ1v) is 22.7. The van der Waals surface area contributed by atoms with Gasteiger partial charge >= 0.3 is 0 Å². The minimum Gasteiger partial charge on any atom is -0.310 e. The standard InChI is InChI=1S/C44H37NSi2/c1-46(2)42-16-10-8-14-38(42)40-28-35(24-26-43(40)46)45(36-23-25-39-37-13-7-9-15-41(37)47(3,4)44(39)29-36)34-21-19-31(20-22-34)33-18-17-30-11-5-6-12-32(30)27-33/h5-29H,1-4H3. The molecule has 0 saturated heterocycles. The van der Waals surface area contributed by atoms with Gasteiger partial charge < -0.3 is 4.90 Å². The van der Waals surface area contributed by atoms with Crippen LogP contribution in [0.4, 0.5) is 17.1 Å². The lowest BCUT2D eigenvalue weighted by Crippen LogP contribution is -2.49. The first kappa shape index (κ1) is 28.3. The predicted molar refractivity (Wildman–Crippen MR) is 208 cm³/mol. The zero-order chi connectivity index (χ0) is 31.9. The van der Waals surface area contributed by atoms with Crippen molar-refractivity contribution in [2.75, 3.05) is 4.90 Å². The Bertz CT molecular complexity index is 2370. The summed E-state index contributed by atoms with van der Waals surface area (Å²) in [6.45, 7) is 9.99. The maximum atomic E-state index is 2.50. The normalized spacial score (nSPS) is 14.7. The summed E-state index contributed by atoms with van der Waals surface area (Å²) in [4.78, 5) is 2.48. The molecule has 3 heteroatoms. The maximum absolute atomic E-state index is 2.50. The number of nitrogens with zero attached hydrogens (tertiary/aromatic N) is 1. The van der Waals surface area contributed by atoms with Gasteiger partial charge in [-0.3, -0.25) is 0 Å². The van der Waals surface area contributed by atoms with E-state index < -0.39 is 16.1 Å². The van der Waals surface area contributed by atoms with Crippen molar-refractivity contribution in [2.45, 2.75) is 26.2 Å². The lowest BCUT2D eigenvalue weighted by atomic mass is 10.0. The average Bonchev–Trinajstić information content (AvgIpc) is 3.48. The molecule has 0 N–H and O–H groups in total. The second-order valence-corrected chi connectivity index (χ2v) is 22.9. The number of anilines is 3. The SMILES string of the molecule is C[Si]1(C)c2ccccc2-c2cc(N(c3ccc(-c4ccc5ccccc5c4)cc3)c3ccc4c(c3)[Si](C)(C)c3ccccc3-4)ccc21. The number of hydrogen-bond acceptors (Lipinski definition) is 1. The first-order valence-electron chi connectivity index (χ1n) is 16.7. The minimum absolute atomic E-state index is 1.17. The van der Waals surface area contributed by atoms with Gasteiger partial charge in [0, 0.05) is 17.1 Å². The molecule has 47 heavy (non-hydrogen) atoms. The summed E-state index contributed by atoms with van der Waals surface area (Å²) >= 11 is 0. The molecule has 2 aliphatic heterocycles. The molecule has 0 aromatic heterocycles. The lowest BCUT2D eigenvalue weighted by Gasteiger charge is -2.28. The van der Waals surface area contributed by atoms with Crippen LogP contribution in [0.15, 0.2) is 152 Å². The molecule has 0 radical (unpaired) electrons. The largest absolute Gasteiger partial charge is 0.310 e. The van der Waals surface area contributed by atoms with E-state index in [2.05, 4.69) is 183 Å². The van der Waals surface area contributed by atoms with Crippen molar-refractivity contribution in [2.24, 2.45) is 0 Å². The Labute approximate surface area is 279 Å². The van der Waals surface area contributed by atoms with E-state index in [-0.39, 0.29) is 0 Å². The number of rotatable bonds is 4. The van der Waals surface area contributed by atoms with Crippen molar-refractivity contribution in [3.05, 3.63) is 152 Å². The van der Waals surface area contributed by atoms with Gasteiger partial charge in [0.05, 0.1) is 0 Å². The molecule has 0 saturated carbocycles. The zero-order valence-corrected chi connectivity index (χ0v) is 29.4. The second kappa shape index (κ2) is 10.3. The van der Waals surface area contributed by atoms with Gasteiger partial charge in [-0.05, 0) is 107 Å². The van der Waals surface area contributed by atoms with E-state index in [9.17, 15) is 0 Å². The van der Waals surface area contributed by atoms with Gasteiger partial charge in [-0.15, -0.1) is 0 Å². The summed E-state index contributed by atoms with van der Waals surface area (Å²) in [7, 11) is -3.59. The Morgan fingerprint density at radius 2 is 0.851 bits per heavy atom. The van der Waals surface area contributed by atoms with Crippen LogP contribution in [0, 0.1) is 0 Å². The van der Waals surface area contributed by atoms with Crippen LogP contribution in [-0.4, -0.2) is 16.1 Å². The maximum Gasteiger partial charge on any atom is 0.113 e. The van der Waals surface area contributed by atoms with Crippen molar-refractivity contribution < 1.29 is 0 Å². The van der Waals surface area contributed by atoms with E-state index in [1.54, 1.807) is 10.4 Å². The summed E-state index contributed by atoms with van der Waals surface area (Å²) in [5, 5.41) is 8.68. The Kier molecular flexibility index (Phi) is 6.18. The quantitative estimate of drug-likeness (QED) is 0.174. The van der Waals surface area contributed by atoms with Crippen LogP contribution in [0.2, 0.25) is 26.2 Å².